The Labute approximate surface area is 153 Å². The molecule has 0 bridgehead atoms. The van der Waals surface area contributed by atoms with E-state index in [1.165, 1.54) is 0 Å². The number of benzene rings is 2. The molecule has 1 fully saturated rings. The highest BCUT2D eigenvalue weighted by Gasteiger charge is 2.37. The van der Waals surface area contributed by atoms with Crippen LogP contribution in [0.15, 0.2) is 47.3 Å². The molecule has 8 heteroatoms. The van der Waals surface area contributed by atoms with Gasteiger partial charge in [-0.25, -0.2) is 4.79 Å². The first-order chi connectivity index (χ1) is 12.5. The molecule has 1 atom stereocenters. The maximum absolute atomic E-state index is 12.7. The van der Waals surface area contributed by atoms with Crippen LogP contribution in [-0.2, 0) is 9.59 Å². The van der Waals surface area contributed by atoms with Gasteiger partial charge >= 0.3 is 5.69 Å². The van der Waals surface area contributed by atoms with E-state index in [0.717, 1.165) is 0 Å². The first-order valence-electron chi connectivity index (χ1n) is 8.12. The Balaban J connectivity index is 1.54. The van der Waals surface area contributed by atoms with Gasteiger partial charge in [-0.3, -0.25) is 9.59 Å². The molecular formula is C18H15ClN4O3. The largest absolute Gasteiger partial charge is 0.324 e. The molecule has 1 unspecified atom stereocenters. The van der Waals surface area contributed by atoms with E-state index in [2.05, 4.69) is 15.3 Å². The monoisotopic (exact) mass is 370 g/mol. The van der Waals surface area contributed by atoms with E-state index < -0.39 is 5.92 Å². The summed E-state index contributed by atoms with van der Waals surface area (Å²) in [5.74, 6) is -1.41. The van der Waals surface area contributed by atoms with Crippen molar-refractivity contribution < 1.29 is 9.59 Å². The number of carbonyl (C=O) groups excluding carboxylic acids is 2. The van der Waals surface area contributed by atoms with Gasteiger partial charge in [0.2, 0.25) is 11.8 Å². The third kappa shape index (κ3) is 2.86. The zero-order chi connectivity index (χ0) is 18.3. The summed E-state index contributed by atoms with van der Waals surface area (Å²) in [5.41, 5.74) is 1.92. The summed E-state index contributed by atoms with van der Waals surface area (Å²) in [6, 6.07) is 12.1. The number of imidazole rings is 1. The number of nitrogens with zero attached hydrogens (tertiary/aromatic N) is 1. The molecule has 2 amide bonds. The second kappa shape index (κ2) is 6.34. The van der Waals surface area contributed by atoms with Crippen molar-refractivity contribution in [2.75, 3.05) is 16.8 Å². The van der Waals surface area contributed by atoms with Crippen molar-refractivity contribution in [3.8, 4) is 0 Å². The molecule has 3 aromatic rings. The molecule has 2 heterocycles. The van der Waals surface area contributed by atoms with Gasteiger partial charge in [0.25, 0.3) is 0 Å². The Morgan fingerprint density at radius 2 is 1.88 bits per heavy atom. The minimum absolute atomic E-state index is 0.250. The highest BCUT2D eigenvalue weighted by atomic mass is 35.5. The van der Waals surface area contributed by atoms with Gasteiger partial charge in [-0.15, -0.1) is 0 Å². The molecule has 0 aliphatic carbocycles. The smallest absolute Gasteiger partial charge is 0.323 e. The van der Waals surface area contributed by atoms with Gasteiger partial charge in [-0.05, 0) is 42.8 Å². The third-order valence-corrected chi connectivity index (χ3v) is 4.72. The Morgan fingerprint density at radius 1 is 1.12 bits per heavy atom. The number of hydrogen-bond acceptors (Lipinski definition) is 3. The summed E-state index contributed by atoms with van der Waals surface area (Å²) in [6.45, 7) is 0.462. The number of amides is 2. The summed E-state index contributed by atoms with van der Waals surface area (Å²) >= 11 is 5.88. The maximum Gasteiger partial charge on any atom is 0.323 e. The van der Waals surface area contributed by atoms with E-state index in [1.54, 1.807) is 47.4 Å². The Hall–Kier alpha value is -3.06. The molecule has 1 aliphatic heterocycles. The molecule has 3 N–H and O–H groups in total. The molecule has 1 aromatic heterocycles. The summed E-state index contributed by atoms with van der Waals surface area (Å²) in [5, 5.41) is 3.34. The van der Waals surface area contributed by atoms with Gasteiger partial charge in [-0.1, -0.05) is 17.7 Å². The number of aromatic amines is 2. The SMILES string of the molecule is O=C(Nc1cccc2[nH]c(=O)[nH]c12)C1CCN(c2ccc(Cl)cc2)C1=O. The normalized spacial score (nSPS) is 17.0. The van der Waals surface area contributed by atoms with Crippen LogP contribution < -0.4 is 15.9 Å². The van der Waals surface area contributed by atoms with Crippen LogP contribution in [-0.4, -0.2) is 28.3 Å². The van der Waals surface area contributed by atoms with E-state index >= 15 is 0 Å². The quantitative estimate of drug-likeness (QED) is 0.618. The van der Waals surface area contributed by atoms with Gasteiger partial charge < -0.3 is 20.2 Å². The molecule has 2 aromatic carbocycles. The average molecular weight is 371 g/mol. The second-order valence-corrected chi connectivity index (χ2v) is 6.54. The lowest BCUT2D eigenvalue weighted by atomic mass is 10.1. The van der Waals surface area contributed by atoms with Gasteiger partial charge in [0, 0.05) is 17.3 Å². The molecule has 0 radical (unpaired) electrons. The molecule has 1 saturated heterocycles. The lowest BCUT2D eigenvalue weighted by molar-refractivity contribution is -0.129. The number of nitrogens with one attached hydrogen (secondary N) is 3. The standard InChI is InChI=1S/C18H15ClN4O3/c19-10-4-6-11(7-5-10)23-9-8-12(17(23)25)16(24)20-13-2-1-3-14-15(13)22-18(26)21-14/h1-7,12H,8-9H2,(H,20,24)(H2,21,22,26). The number of halogens is 1. The number of carbonyl (C=O) groups is 2. The molecule has 1 aliphatic rings. The van der Waals surface area contributed by atoms with E-state index in [1.807, 2.05) is 0 Å². The number of fused-ring (bicyclic) bond motifs is 1. The molecule has 26 heavy (non-hydrogen) atoms. The van der Waals surface area contributed by atoms with Crippen molar-refractivity contribution in [3.63, 3.8) is 0 Å². The zero-order valence-corrected chi connectivity index (χ0v) is 14.3. The van der Waals surface area contributed by atoms with Gasteiger partial charge in [-0.2, -0.15) is 0 Å². The minimum Gasteiger partial charge on any atom is -0.324 e. The fourth-order valence-electron chi connectivity index (χ4n) is 3.18. The number of aromatic nitrogens is 2. The summed E-state index contributed by atoms with van der Waals surface area (Å²) in [4.78, 5) is 43.6. The Kier molecular flexibility index (Phi) is 4.00. The first kappa shape index (κ1) is 16.4. The van der Waals surface area contributed by atoms with E-state index in [9.17, 15) is 14.4 Å². The molecular weight excluding hydrogens is 356 g/mol. The van der Waals surface area contributed by atoms with Crippen LogP contribution in [0.25, 0.3) is 11.0 Å². The molecule has 4 rings (SSSR count). The van der Waals surface area contributed by atoms with Crippen LogP contribution in [0.3, 0.4) is 0 Å². The van der Waals surface area contributed by atoms with Crippen LogP contribution >= 0.6 is 11.6 Å². The third-order valence-electron chi connectivity index (χ3n) is 4.47. The van der Waals surface area contributed by atoms with E-state index in [0.29, 0.717) is 40.4 Å². The Morgan fingerprint density at radius 3 is 2.65 bits per heavy atom. The highest BCUT2D eigenvalue weighted by molar-refractivity contribution is 6.30. The molecule has 7 nitrogen and oxygen atoms in total. The van der Waals surface area contributed by atoms with Crippen LogP contribution in [0.1, 0.15) is 6.42 Å². The molecule has 0 spiro atoms. The van der Waals surface area contributed by atoms with E-state index in [-0.39, 0.29) is 17.5 Å². The lowest BCUT2D eigenvalue weighted by Gasteiger charge is -2.17. The fourth-order valence-corrected chi connectivity index (χ4v) is 3.31. The maximum atomic E-state index is 12.7. The van der Waals surface area contributed by atoms with Gasteiger partial charge in [0.05, 0.1) is 16.7 Å². The predicted octanol–water partition coefficient (Wildman–Crippen LogP) is 2.50. The topological polar surface area (TPSA) is 98.1 Å². The van der Waals surface area contributed by atoms with Gasteiger partial charge in [0.1, 0.15) is 5.92 Å². The van der Waals surface area contributed by atoms with E-state index in [4.69, 9.17) is 11.6 Å². The number of hydrogen-bond donors (Lipinski definition) is 3. The van der Waals surface area contributed by atoms with Crippen molar-refractivity contribution in [3.05, 3.63) is 58.0 Å². The predicted molar refractivity (Wildman–Crippen MR) is 99.5 cm³/mol. The van der Waals surface area contributed by atoms with Crippen molar-refractivity contribution in [2.45, 2.75) is 6.42 Å². The van der Waals surface area contributed by atoms with Crippen molar-refractivity contribution >= 4 is 45.8 Å². The van der Waals surface area contributed by atoms with Crippen molar-refractivity contribution in [2.24, 2.45) is 5.92 Å². The van der Waals surface area contributed by atoms with Crippen LogP contribution in [0, 0.1) is 5.92 Å². The minimum atomic E-state index is -0.772. The first-order valence-corrected chi connectivity index (χ1v) is 8.49. The summed E-state index contributed by atoms with van der Waals surface area (Å²) in [7, 11) is 0. The van der Waals surface area contributed by atoms with Crippen molar-refractivity contribution in [1.29, 1.82) is 0 Å². The highest BCUT2D eigenvalue weighted by Crippen LogP contribution is 2.28. The molecule has 0 saturated carbocycles. The van der Waals surface area contributed by atoms with Crippen LogP contribution in [0.2, 0.25) is 5.02 Å². The molecule has 132 valence electrons. The summed E-state index contributed by atoms with van der Waals surface area (Å²) < 4.78 is 0. The lowest BCUT2D eigenvalue weighted by Crippen LogP contribution is -2.33. The number of anilines is 2. The number of para-hydroxylation sites is 1. The average Bonchev–Trinajstić information content (AvgIpc) is 3.18. The van der Waals surface area contributed by atoms with Crippen LogP contribution in [0.4, 0.5) is 11.4 Å². The number of H-pyrrole nitrogens is 2. The second-order valence-electron chi connectivity index (χ2n) is 6.10. The summed E-state index contributed by atoms with van der Waals surface area (Å²) in [6.07, 6.45) is 0.424. The number of rotatable bonds is 3. The zero-order valence-electron chi connectivity index (χ0n) is 13.6. The van der Waals surface area contributed by atoms with Crippen LogP contribution in [0.5, 0.6) is 0 Å². The fraction of sp³-hybridized carbons (Fsp3) is 0.167. The van der Waals surface area contributed by atoms with Crippen molar-refractivity contribution in [1.82, 2.24) is 9.97 Å². The van der Waals surface area contributed by atoms with Gasteiger partial charge in [0.15, 0.2) is 0 Å². The Bertz CT molecular complexity index is 1050.